The largest absolute Gasteiger partial charge is 0.292 e. The molecule has 0 saturated heterocycles. The summed E-state index contributed by atoms with van der Waals surface area (Å²) in [6.07, 6.45) is 3.59. The normalized spacial score (nSPS) is 11.3. The third-order valence-electron chi connectivity index (χ3n) is 5.28. The maximum absolute atomic E-state index is 6.26. The van der Waals surface area contributed by atoms with Gasteiger partial charge in [0.1, 0.15) is 5.65 Å². The van der Waals surface area contributed by atoms with E-state index in [1.54, 1.807) is 12.4 Å². The van der Waals surface area contributed by atoms with Gasteiger partial charge in [0.05, 0.1) is 11.0 Å². The Balaban J connectivity index is 1.54. The Kier molecular flexibility index (Phi) is 4.37. The summed E-state index contributed by atoms with van der Waals surface area (Å²) >= 11 is 6.26. The first-order chi connectivity index (χ1) is 15.8. The lowest BCUT2D eigenvalue weighted by Crippen LogP contribution is -1.99. The number of fused-ring (bicyclic) bond motifs is 3. The first-order valence-corrected chi connectivity index (χ1v) is 10.4. The van der Waals surface area contributed by atoms with E-state index in [4.69, 9.17) is 11.6 Å². The average molecular weight is 435 g/mol. The van der Waals surface area contributed by atoms with Gasteiger partial charge in [-0.15, -0.1) is 0 Å². The molecule has 0 aliphatic heterocycles. The molecule has 6 rings (SSSR count). The first kappa shape index (κ1) is 18.6. The summed E-state index contributed by atoms with van der Waals surface area (Å²) in [4.78, 5) is 22.6. The SMILES string of the molecule is Clc1nc(-c2ccccc2)nc(-c2cccc(-n3c4cccnc4c4cccnc43)c2)n1. The maximum Gasteiger partial charge on any atom is 0.226 e. The van der Waals surface area contributed by atoms with Crippen molar-refractivity contribution in [1.82, 2.24) is 29.5 Å². The molecule has 0 bridgehead atoms. The van der Waals surface area contributed by atoms with E-state index in [1.165, 1.54) is 0 Å². The van der Waals surface area contributed by atoms with Crippen molar-refractivity contribution in [3.63, 3.8) is 0 Å². The molecule has 2 aromatic carbocycles. The van der Waals surface area contributed by atoms with Crippen molar-refractivity contribution in [2.75, 3.05) is 0 Å². The fourth-order valence-electron chi connectivity index (χ4n) is 3.90. The molecule has 4 heterocycles. The van der Waals surface area contributed by atoms with Crippen LogP contribution < -0.4 is 0 Å². The van der Waals surface area contributed by atoms with Gasteiger partial charge in [0, 0.05) is 34.6 Å². The van der Waals surface area contributed by atoms with E-state index in [1.807, 2.05) is 78.9 Å². The predicted molar refractivity (Wildman–Crippen MR) is 126 cm³/mol. The van der Waals surface area contributed by atoms with Crippen molar-refractivity contribution in [2.24, 2.45) is 0 Å². The molecule has 6 aromatic rings. The van der Waals surface area contributed by atoms with Gasteiger partial charge in [-0.2, -0.15) is 9.97 Å². The summed E-state index contributed by atoms with van der Waals surface area (Å²) in [6, 6.07) is 25.7. The van der Waals surface area contributed by atoms with E-state index in [-0.39, 0.29) is 5.28 Å². The second-order valence-corrected chi connectivity index (χ2v) is 7.59. The molecule has 0 radical (unpaired) electrons. The summed E-state index contributed by atoms with van der Waals surface area (Å²) in [6.45, 7) is 0. The van der Waals surface area contributed by atoms with E-state index in [9.17, 15) is 0 Å². The molecule has 0 N–H and O–H groups in total. The number of pyridine rings is 2. The fourth-order valence-corrected chi connectivity index (χ4v) is 4.06. The van der Waals surface area contributed by atoms with Gasteiger partial charge in [-0.05, 0) is 48.0 Å². The van der Waals surface area contributed by atoms with Gasteiger partial charge < -0.3 is 0 Å². The molecule has 0 spiro atoms. The van der Waals surface area contributed by atoms with Gasteiger partial charge in [0.25, 0.3) is 0 Å². The summed E-state index contributed by atoms with van der Waals surface area (Å²) in [5.41, 5.74) is 5.39. The second kappa shape index (κ2) is 7.51. The zero-order valence-corrected chi connectivity index (χ0v) is 17.5. The number of hydrogen-bond donors (Lipinski definition) is 0. The van der Waals surface area contributed by atoms with Crippen LogP contribution in [-0.2, 0) is 0 Å². The van der Waals surface area contributed by atoms with Crippen molar-refractivity contribution in [1.29, 1.82) is 0 Å². The van der Waals surface area contributed by atoms with Crippen LogP contribution in [0.5, 0.6) is 0 Å². The zero-order valence-electron chi connectivity index (χ0n) is 16.7. The third kappa shape index (κ3) is 3.09. The van der Waals surface area contributed by atoms with Crippen LogP contribution in [0, 0.1) is 0 Å². The molecule has 0 amide bonds. The van der Waals surface area contributed by atoms with Crippen molar-refractivity contribution < 1.29 is 0 Å². The highest BCUT2D eigenvalue weighted by Crippen LogP contribution is 2.30. The van der Waals surface area contributed by atoms with Crippen LogP contribution in [0.3, 0.4) is 0 Å². The zero-order chi connectivity index (χ0) is 21.5. The van der Waals surface area contributed by atoms with E-state index >= 15 is 0 Å². The molecule has 4 aromatic heterocycles. The van der Waals surface area contributed by atoms with E-state index in [0.717, 1.165) is 38.9 Å². The van der Waals surface area contributed by atoms with Crippen molar-refractivity contribution in [3.8, 4) is 28.5 Å². The summed E-state index contributed by atoms with van der Waals surface area (Å²) in [7, 11) is 0. The van der Waals surface area contributed by atoms with Gasteiger partial charge in [-0.3, -0.25) is 9.55 Å². The Hall–Kier alpha value is -4.16. The molecule has 0 atom stereocenters. The Morgan fingerprint density at radius 3 is 2.28 bits per heavy atom. The molecule has 0 aliphatic rings. The average Bonchev–Trinajstić information content (AvgIpc) is 3.19. The third-order valence-corrected chi connectivity index (χ3v) is 5.45. The Morgan fingerprint density at radius 1 is 0.656 bits per heavy atom. The minimum absolute atomic E-state index is 0.155. The molecule has 32 heavy (non-hydrogen) atoms. The van der Waals surface area contributed by atoms with E-state index in [2.05, 4.69) is 29.5 Å². The minimum Gasteiger partial charge on any atom is -0.292 e. The molecule has 0 aliphatic carbocycles. The standard InChI is InChI=1S/C25H15ClN6/c26-25-30-22(16-7-2-1-3-8-16)29-23(31-25)17-9-4-10-18(15-17)32-20-12-6-13-27-21(20)19-11-5-14-28-24(19)32/h1-15H. The van der Waals surface area contributed by atoms with Crippen molar-refractivity contribution in [2.45, 2.75) is 0 Å². The molecule has 0 saturated carbocycles. The van der Waals surface area contributed by atoms with Crippen LogP contribution >= 0.6 is 11.6 Å². The topological polar surface area (TPSA) is 69.4 Å². The first-order valence-electron chi connectivity index (χ1n) is 10.1. The predicted octanol–water partition coefficient (Wildman–Crippen LogP) is 5.75. The van der Waals surface area contributed by atoms with E-state index in [0.29, 0.717) is 11.6 Å². The lowest BCUT2D eigenvalue weighted by molar-refractivity contribution is 1.06. The quantitative estimate of drug-likeness (QED) is 0.355. The van der Waals surface area contributed by atoms with Gasteiger partial charge in [-0.25, -0.2) is 9.97 Å². The van der Waals surface area contributed by atoms with Crippen LogP contribution in [0.25, 0.3) is 50.5 Å². The molecule has 0 fully saturated rings. The second-order valence-electron chi connectivity index (χ2n) is 7.25. The van der Waals surface area contributed by atoms with Crippen LogP contribution in [0.1, 0.15) is 0 Å². The van der Waals surface area contributed by atoms with Crippen molar-refractivity contribution in [3.05, 3.63) is 96.5 Å². The van der Waals surface area contributed by atoms with Crippen LogP contribution in [0.4, 0.5) is 0 Å². The number of hydrogen-bond acceptors (Lipinski definition) is 5. The molecule has 6 nitrogen and oxygen atoms in total. The minimum atomic E-state index is 0.155. The number of rotatable bonds is 3. The maximum atomic E-state index is 6.26. The summed E-state index contributed by atoms with van der Waals surface area (Å²) in [5.74, 6) is 1.05. The highest BCUT2D eigenvalue weighted by Gasteiger charge is 2.15. The smallest absolute Gasteiger partial charge is 0.226 e. The lowest BCUT2D eigenvalue weighted by Gasteiger charge is -2.09. The molecule has 0 unspecified atom stereocenters. The molecular formula is C25H15ClN6. The number of halogens is 1. The monoisotopic (exact) mass is 434 g/mol. The molecule has 7 heteroatoms. The molecule has 152 valence electrons. The van der Waals surface area contributed by atoms with Gasteiger partial charge in [-0.1, -0.05) is 42.5 Å². The summed E-state index contributed by atoms with van der Waals surface area (Å²) in [5, 5.41) is 1.16. The van der Waals surface area contributed by atoms with Crippen LogP contribution in [-0.4, -0.2) is 29.5 Å². The van der Waals surface area contributed by atoms with Gasteiger partial charge in [0.2, 0.25) is 5.28 Å². The highest BCUT2D eigenvalue weighted by molar-refractivity contribution is 6.28. The number of nitrogens with zero attached hydrogens (tertiary/aromatic N) is 6. The Bertz CT molecular complexity index is 1540. The Morgan fingerprint density at radius 2 is 1.41 bits per heavy atom. The number of aromatic nitrogens is 6. The summed E-state index contributed by atoms with van der Waals surface area (Å²) < 4.78 is 2.10. The van der Waals surface area contributed by atoms with Gasteiger partial charge in [0.15, 0.2) is 11.6 Å². The lowest BCUT2D eigenvalue weighted by atomic mass is 10.1. The molecular weight excluding hydrogens is 420 g/mol. The Labute approximate surface area is 188 Å². The van der Waals surface area contributed by atoms with Crippen LogP contribution in [0.15, 0.2) is 91.3 Å². The number of benzene rings is 2. The van der Waals surface area contributed by atoms with Crippen LogP contribution in [0.2, 0.25) is 5.28 Å². The highest BCUT2D eigenvalue weighted by atomic mass is 35.5. The van der Waals surface area contributed by atoms with Crippen molar-refractivity contribution >= 4 is 33.7 Å². The fraction of sp³-hybridized carbons (Fsp3) is 0. The van der Waals surface area contributed by atoms with Gasteiger partial charge >= 0.3 is 0 Å². The van der Waals surface area contributed by atoms with E-state index < -0.39 is 0 Å².